The van der Waals surface area contributed by atoms with Gasteiger partial charge >= 0.3 is 0 Å². The lowest BCUT2D eigenvalue weighted by Gasteiger charge is -2.37. The predicted molar refractivity (Wildman–Crippen MR) is 57.4 cm³/mol. The highest BCUT2D eigenvalue weighted by molar-refractivity contribution is 5.42. The number of rotatable bonds is 1. The largest absolute Gasteiger partial charge is 0.497 e. The normalized spacial score (nSPS) is 22.8. The van der Waals surface area contributed by atoms with Crippen LogP contribution in [0.1, 0.15) is 19.4 Å². The Morgan fingerprint density at radius 2 is 2.20 bits per heavy atom. The lowest BCUT2D eigenvalue weighted by atomic mass is 9.91. The first-order chi connectivity index (χ1) is 7.03. The number of methoxy groups -OCH3 is 1. The summed E-state index contributed by atoms with van der Waals surface area (Å²) in [6, 6.07) is 5.67. The molecule has 0 saturated heterocycles. The van der Waals surface area contributed by atoms with E-state index in [1.807, 2.05) is 32.0 Å². The van der Waals surface area contributed by atoms with Gasteiger partial charge in [0.05, 0.1) is 13.2 Å². The van der Waals surface area contributed by atoms with Crippen LogP contribution < -0.4 is 9.47 Å². The van der Waals surface area contributed by atoms with E-state index in [0.717, 1.165) is 17.1 Å². The summed E-state index contributed by atoms with van der Waals surface area (Å²) in [7, 11) is 1.63. The topological polar surface area (TPSA) is 38.7 Å². The maximum absolute atomic E-state index is 9.88. The lowest BCUT2D eigenvalue weighted by molar-refractivity contribution is -0.0412. The molecule has 0 bridgehead atoms. The van der Waals surface area contributed by atoms with Crippen LogP contribution in [0.5, 0.6) is 11.5 Å². The molecule has 15 heavy (non-hydrogen) atoms. The number of ether oxygens (including phenoxy) is 2. The van der Waals surface area contributed by atoms with Crippen molar-refractivity contribution in [2.45, 2.75) is 32.0 Å². The third-order valence-electron chi connectivity index (χ3n) is 2.86. The average molecular weight is 208 g/mol. The minimum Gasteiger partial charge on any atom is -0.497 e. The maximum Gasteiger partial charge on any atom is 0.129 e. The summed E-state index contributed by atoms with van der Waals surface area (Å²) < 4.78 is 10.9. The predicted octanol–water partition coefficient (Wildman–Crippen LogP) is 1.77. The van der Waals surface area contributed by atoms with Crippen molar-refractivity contribution < 1.29 is 14.6 Å². The van der Waals surface area contributed by atoms with Gasteiger partial charge in [-0.05, 0) is 32.0 Å². The first-order valence-electron chi connectivity index (χ1n) is 5.07. The molecule has 0 aromatic heterocycles. The lowest BCUT2D eigenvalue weighted by Crippen LogP contribution is -2.46. The molecule has 1 aliphatic heterocycles. The fourth-order valence-electron chi connectivity index (χ4n) is 1.75. The van der Waals surface area contributed by atoms with Crippen molar-refractivity contribution >= 4 is 0 Å². The molecule has 1 aliphatic rings. The number of aliphatic hydroxyl groups is 1. The van der Waals surface area contributed by atoms with E-state index in [1.165, 1.54) is 0 Å². The first kappa shape index (κ1) is 10.3. The van der Waals surface area contributed by atoms with Crippen LogP contribution in [-0.2, 0) is 6.42 Å². The smallest absolute Gasteiger partial charge is 0.129 e. The van der Waals surface area contributed by atoms with E-state index < -0.39 is 11.7 Å². The molecule has 0 spiro atoms. The van der Waals surface area contributed by atoms with Crippen molar-refractivity contribution in [3.8, 4) is 11.5 Å². The summed E-state index contributed by atoms with van der Waals surface area (Å²) in [5.41, 5.74) is 0.489. The minimum atomic E-state index is -0.512. The Labute approximate surface area is 89.6 Å². The number of benzene rings is 1. The molecule has 2 rings (SSSR count). The van der Waals surface area contributed by atoms with Gasteiger partial charge in [0.25, 0.3) is 0 Å². The summed E-state index contributed by atoms with van der Waals surface area (Å²) in [5.74, 6) is 1.63. The van der Waals surface area contributed by atoms with Gasteiger partial charge in [0.15, 0.2) is 0 Å². The van der Waals surface area contributed by atoms with Gasteiger partial charge in [0.1, 0.15) is 17.1 Å². The van der Waals surface area contributed by atoms with Gasteiger partial charge < -0.3 is 14.6 Å². The van der Waals surface area contributed by atoms with Gasteiger partial charge in [0.2, 0.25) is 0 Å². The van der Waals surface area contributed by atoms with E-state index in [9.17, 15) is 5.11 Å². The van der Waals surface area contributed by atoms with Crippen molar-refractivity contribution in [3.63, 3.8) is 0 Å². The Hall–Kier alpha value is -1.22. The Bertz CT molecular complexity index is 371. The van der Waals surface area contributed by atoms with Crippen LogP contribution >= 0.6 is 0 Å². The van der Waals surface area contributed by atoms with Crippen LogP contribution in [0.2, 0.25) is 0 Å². The van der Waals surface area contributed by atoms with Gasteiger partial charge in [-0.15, -0.1) is 0 Å². The average Bonchev–Trinajstić information content (AvgIpc) is 2.19. The molecule has 1 aromatic rings. The highest BCUT2D eigenvalue weighted by atomic mass is 16.5. The molecule has 0 saturated carbocycles. The number of hydrogen-bond acceptors (Lipinski definition) is 3. The van der Waals surface area contributed by atoms with Crippen LogP contribution in [0.4, 0.5) is 0 Å². The third-order valence-corrected chi connectivity index (χ3v) is 2.86. The standard InChI is InChI=1S/C12H16O3/c1-12(2)11(13)7-8-6-9(14-3)4-5-10(8)15-12/h4-6,11,13H,7H2,1-3H3. The van der Waals surface area contributed by atoms with E-state index >= 15 is 0 Å². The van der Waals surface area contributed by atoms with Gasteiger partial charge in [-0.3, -0.25) is 0 Å². The van der Waals surface area contributed by atoms with Crippen LogP contribution in [0, 0.1) is 0 Å². The van der Waals surface area contributed by atoms with Crippen LogP contribution in [0.3, 0.4) is 0 Å². The molecule has 3 heteroatoms. The summed E-state index contributed by atoms with van der Waals surface area (Å²) in [4.78, 5) is 0. The van der Waals surface area contributed by atoms with Gasteiger partial charge in [-0.1, -0.05) is 0 Å². The summed E-state index contributed by atoms with van der Waals surface area (Å²) >= 11 is 0. The molecule has 0 fully saturated rings. The molecule has 1 aromatic carbocycles. The van der Waals surface area contributed by atoms with Gasteiger partial charge in [0, 0.05) is 12.0 Å². The molecule has 0 radical (unpaired) electrons. The molecule has 82 valence electrons. The Morgan fingerprint density at radius 3 is 2.87 bits per heavy atom. The Kier molecular flexibility index (Phi) is 2.35. The van der Waals surface area contributed by atoms with Crippen molar-refractivity contribution in [2.75, 3.05) is 7.11 Å². The van der Waals surface area contributed by atoms with E-state index in [1.54, 1.807) is 7.11 Å². The monoisotopic (exact) mass is 208 g/mol. The second-order valence-corrected chi connectivity index (χ2v) is 4.40. The first-order valence-corrected chi connectivity index (χ1v) is 5.07. The highest BCUT2D eigenvalue weighted by Crippen LogP contribution is 2.35. The Morgan fingerprint density at radius 1 is 1.47 bits per heavy atom. The van der Waals surface area contributed by atoms with E-state index in [-0.39, 0.29) is 0 Å². The zero-order valence-corrected chi connectivity index (χ0v) is 9.28. The summed E-state index contributed by atoms with van der Waals surface area (Å²) in [5, 5.41) is 9.88. The molecular formula is C12H16O3. The number of hydrogen-bond donors (Lipinski definition) is 1. The van der Waals surface area contributed by atoms with Crippen molar-refractivity contribution in [3.05, 3.63) is 23.8 Å². The quantitative estimate of drug-likeness (QED) is 0.764. The van der Waals surface area contributed by atoms with Gasteiger partial charge in [-0.2, -0.15) is 0 Å². The van der Waals surface area contributed by atoms with Crippen molar-refractivity contribution in [1.29, 1.82) is 0 Å². The van der Waals surface area contributed by atoms with Crippen molar-refractivity contribution in [2.24, 2.45) is 0 Å². The molecule has 0 amide bonds. The SMILES string of the molecule is COc1ccc2c(c1)CC(O)C(C)(C)O2. The minimum absolute atomic E-state index is 0.475. The number of fused-ring (bicyclic) bond motifs is 1. The zero-order chi connectivity index (χ0) is 11.1. The fourth-order valence-corrected chi connectivity index (χ4v) is 1.75. The van der Waals surface area contributed by atoms with Crippen molar-refractivity contribution in [1.82, 2.24) is 0 Å². The second kappa shape index (κ2) is 3.42. The Balaban J connectivity index is 2.37. The van der Waals surface area contributed by atoms with Crippen LogP contribution in [-0.4, -0.2) is 23.9 Å². The van der Waals surface area contributed by atoms with Crippen LogP contribution in [0.15, 0.2) is 18.2 Å². The zero-order valence-electron chi connectivity index (χ0n) is 9.28. The van der Waals surface area contributed by atoms with Gasteiger partial charge in [-0.25, -0.2) is 0 Å². The van der Waals surface area contributed by atoms with E-state index in [0.29, 0.717) is 6.42 Å². The summed E-state index contributed by atoms with van der Waals surface area (Å²) in [6.45, 7) is 3.79. The third kappa shape index (κ3) is 1.79. The fraction of sp³-hybridized carbons (Fsp3) is 0.500. The maximum atomic E-state index is 9.88. The molecule has 3 nitrogen and oxygen atoms in total. The molecular weight excluding hydrogens is 192 g/mol. The van der Waals surface area contributed by atoms with E-state index in [4.69, 9.17) is 9.47 Å². The molecule has 1 N–H and O–H groups in total. The van der Waals surface area contributed by atoms with E-state index in [2.05, 4.69) is 0 Å². The molecule has 0 aliphatic carbocycles. The molecule has 1 unspecified atom stereocenters. The second-order valence-electron chi connectivity index (χ2n) is 4.40. The molecule has 1 atom stereocenters. The molecule has 1 heterocycles. The number of aliphatic hydroxyl groups excluding tert-OH is 1. The summed E-state index contributed by atoms with van der Waals surface area (Å²) in [6.07, 6.45) is 0.136. The highest BCUT2D eigenvalue weighted by Gasteiger charge is 2.35. The van der Waals surface area contributed by atoms with Crippen LogP contribution in [0.25, 0.3) is 0 Å².